The van der Waals surface area contributed by atoms with Gasteiger partial charge in [-0.05, 0) is 12.8 Å². The van der Waals surface area contributed by atoms with E-state index in [2.05, 4.69) is 13.8 Å². The van der Waals surface area contributed by atoms with Crippen LogP contribution in [0.4, 0.5) is 0 Å². The Bertz CT molecular complexity index is 166. The zero-order valence-electron chi connectivity index (χ0n) is 11.5. The summed E-state index contributed by atoms with van der Waals surface area (Å²) in [5, 5.41) is 0. The van der Waals surface area contributed by atoms with Crippen molar-refractivity contribution in [2.45, 2.75) is 52.4 Å². The smallest absolute Gasteiger partial charge is 0.0466 e. The van der Waals surface area contributed by atoms with Gasteiger partial charge in [-0.15, -0.1) is 0 Å². The SMILES string of the molecule is C1CCOC1.CCCCCC.c1ccccc1. The van der Waals surface area contributed by atoms with Crippen LogP contribution in [0.5, 0.6) is 0 Å². The fourth-order valence-corrected chi connectivity index (χ4v) is 1.40. The Morgan fingerprint density at radius 1 is 0.706 bits per heavy atom. The lowest BCUT2D eigenvalue weighted by molar-refractivity contribution is 0.198. The molecule has 0 amide bonds. The van der Waals surface area contributed by atoms with Gasteiger partial charge in [0.2, 0.25) is 0 Å². The molecule has 0 spiro atoms. The molecule has 1 heteroatoms. The summed E-state index contributed by atoms with van der Waals surface area (Å²) in [5.74, 6) is 0. The first-order valence-electron chi connectivity index (χ1n) is 6.99. The highest BCUT2D eigenvalue weighted by molar-refractivity contribution is 4.99. The van der Waals surface area contributed by atoms with E-state index in [0.717, 1.165) is 13.2 Å². The maximum absolute atomic E-state index is 4.94. The Hall–Kier alpha value is -0.820. The monoisotopic (exact) mass is 236 g/mol. The van der Waals surface area contributed by atoms with Crippen LogP contribution < -0.4 is 0 Å². The Balaban J connectivity index is 0.000000227. The van der Waals surface area contributed by atoms with Gasteiger partial charge in [-0.25, -0.2) is 0 Å². The molecular formula is C16H28O. The summed E-state index contributed by atoms with van der Waals surface area (Å²) in [5.41, 5.74) is 0. The van der Waals surface area contributed by atoms with E-state index in [0.29, 0.717) is 0 Å². The highest BCUT2D eigenvalue weighted by atomic mass is 16.5. The summed E-state index contributed by atoms with van der Waals surface area (Å²) < 4.78 is 4.94. The van der Waals surface area contributed by atoms with Crippen LogP contribution >= 0.6 is 0 Å². The summed E-state index contributed by atoms with van der Waals surface area (Å²) >= 11 is 0. The van der Waals surface area contributed by atoms with Crippen LogP contribution in [0.3, 0.4) is 0 Å². The van der Waals surface area contributed by atoms with Gasteiger partial charge < -0.3 is 4.74 Å². The number of hydrogen-bond donors (Lipinski definition) is 0. The zero-order valence-corrected chi connectivity index (χ0v) is 11.5. The van der Waals surface area contributed by atoms with Gasteiger partial charge in [0.1, 0.15) is 0 Å². The molecule has 1 aromatic carbocycles. The van der Waals surface area contributed by atoms with Crippen molar-refractivity contribution in [1.29, 1.82) is 0 Å². The molecule has 0 atom stereocenters. The van der Waals surface area contributed by atoms with Crippen molar-refractivity contribution in [3.63, 3.8) is 0 Å². The van der Waals surface area contributed by atoms with Gasteiger partial charge in [-0.2, -0.15) is 0 Å². The molecule has 1 saturated heterocycles. The van der Waals surface area contributed by atoms with E-state index < -0.39 is 0 Å². The van der Waals surface area contributed by atoms with E-state index in [-0.39, 0.29) is 0 Å². The third kappa shape index (κ3) is 15.2. The van der Waals surface area contributed by atoms with E-state index in [9.17, 15) is 0 Å². The second-order valence-electron chi connectivity index (χ2n) is 4.18. The molecule has 1 fully saturated rings. The second kappa shape index (κ2) is 15.2. The normalized spacial score (nSPS) is 13.1. The Labute approximate surface area is 107 Å². The molecule has 2 rings (SSSR count). The Morgan fingerprint density at radius 2 is 1.06 bits per heavy atom. The summed E-state index contributed by atoms with van der Waals surface area (Å²) in [7, 11) is 0. The first kappa shape index (κ1) is 16.2. The van der Waals surface area contributed by atoms with Gasteiger partial charge in [0.25, 0.3) is 0 Å². The molecule has 0 N–H and O–H groups in total. The molecule has 0 bridgehead atoms. The van der Waals surface area contributed by atoms with Crippen molar-refractivity contribution in [2.24, 2.45) is 0 Å². The number of ether oxygens (including phenoxy) is 1. The standard InChI is InChI=1S/C6H6.C6H14.C4H8O/c1-2-4-6-5-3-1;1-3-5-6-4-2;1-2-4-5-3-1/h1-6H;3-6H2,1-2H3;1-4H2. The molecule has 17 heavy (non-hydrogen) atoms. The van der Waals surface area contributed by atoms with Crippen LogP contribution in [-0.4, -0.2) is 13.2 Å². The van der Waals surface area contributed by atoms with Gasteiger partial charge in [-0.3, -0.25) is 0 Å². The van der Waals surface area contributed by atoms with Crippen LogP contribution in [0.15, 0.2) is 36.4 Å². The van der Waals surface area contributed by atoms with E-state index >= 15 is 0 Å². The quantitative estimate of drug-likeness (QED) is 0.666. The molecule has 1 aliphatic rings. The van der Waals surface area contributed by atoms with Gasteiger partial charge >= 0.3 is 0 Å². The van der Waals surface area contributed by atoms with E-state index in [1.54, 1.807) is 0 Å². The molecule has 1 aliphatic heterocycles. The molecule has 98 valence electrons. The van der Waals surface area contributed by atoms with Gasteiger partial charge in [0.15, 0.2) is 0 Å². The maximum atomic E-state index is 4.94. The van der Waals surface area contributed by atoms with Crippen molar-refractivity contribution in [3.05, 3.63) is 36.4 Å². The summed E-state index contributed by atoms with van der Waals surface area (Å²) in [6.45, 7) is 6.46. The van der Waals surface area contributed by atoms with Crippen molar-refractivity contribution in [3.8, 4) is 0 Å². The van der Waals surface area contributed by atoms with Crippen molar-refractivity contribution >= 4 is 0 Å². The zero-order chi connectivity index (χ0) is 12.6. The largest absolute Gasteiger partial charge is 0.381 e. The minimum absolute atomic E-state index is 1.00. The minimum atomic E-state index is 1.00. The lowest BCUT2D eigenvalue weighted by atomic mass is 10.2. The van der Waals surface area contributed by atoms with Crippen LogP contribution in [0.25, 0.3) is 0 Å². The fraction of sp³-hybridized carbons (Fsp3) is 0.625. The molecule has 0 saturated carbocycles. The average molecular weight is 236 g/mol. The highest BCUT2D eigenvalue weighted by Gasteiger charge is 1.94. The van der Waals surface area contributed by atoms with Gasteiger partial charge in [0, 0.05) is 13.2 Å². The molecule has 0 aromatic heterocycles. The number of rotatable bonds is 3. The number of benzene rings is 1. The first-order chi connectivity index (χ1) is 8.41. The molecule has 0 radical (unpaired) electrons. The average Bonchev–Trinajstić information content (AvgIpc) is 2.98. The van der Waals surface area contributed by atoms with Crippen LogP contribution in [0.2, 0.25) is 0 Å². The highest BCUT2D eigenvalue weighted by Crippen LogP contribution is 1.98. The molecule has 1 nitrogen and oxygen atoms in total. The Morgan fingerprint density at radius 3 is 1.24 bits per heavy atom. The fourth-order valence-electron chi connectivity index (χ4n) is 1.40. The van der Waals surface area contributed by atoms with Gasteiger partial charge in [0.05, 0.1) is 0 Å². The van der Waals surface area contributed by atoms with Crippen LogP contribution in [-0.2, 0) is 4.74 Å². The lowest BCUT2D eigenvalue weighted by Crippen LogP contribution is -1.74. The van der Waals surface area contributed by atoms with E-state index in [4.69, 9.17) is 4.74 Å². The summed E-state index contributed by atoms with van der Waals surface area (Å²) in [6, 6.07) is 12.0. The minimum Gasteiger partial charge on any atom is -0.381 e. The van der Waals surface area contributed by atoms with Crippen molar-refractivity contribution < 1.29 is 4.74 Å². The maximum Gasteiger partial charge on any atom is 0.0466 e. The Kier molecular flexibility index (Phi) is 14.4. The summed E-state index contributed by atoms with van der Waals surface area (Å²) in [6.07, 6.45) is 8.09. The topological polar surface area (TPSA) is 9.23 Å². The first-order valence-corrected chi connectivity index (χ1v) is 6.99. The van der Waals surface area contributed by atoms with E-state index in [1.807, 2.05) is 36.4 Å². The van der Waals surface area contributed by atoms with Crippen LogP contribution in [0.1, 0.15) is 52.4 Å². The molecule has 1 aromatic rings. The molecule has 0 unspecified atom stereocenters. The van der Waals surface area contributed by atoms with Crippen LogP contribution in [0, 0.1) is 0 Å². The predicted octanol–water partition coefficient (Wildman–Crippen LogP) is 5.07. The van der Waals surface area contributed by atoms with Crippen molar-refractivity contribution in [2.75, 3.05) is 13.2 Å². The molecule has 1 heterocycles. The number of unbranched alkanes of at least 4 members (excludes halogenated alkanes) is 3. The lowest BCUT2D eigenvalue weighted by Gasteiger charge is -1.86. The predicted molar refractivity (Wildman–Crippen MR) is 76.3 cm³/mol. The number of hydrogen-bond acceptors (Lipinski definition) is 1. The molecular weight excluding hydrogens is 208 g/mol. The second-order valence-corrected chi connectivity index (χ2v) is 4.18. The third-order valence-corrected chi connectivity index (χ3v) is 2.45. The third-order valence-electron chi connectivity index (χ3n) is 2.45. The molecule has 0 aliphatic carbocycles. The van der Waals surface area contributed by atoms with Crippen molar-refractivity contribution in [1.82, 2.24) is 0 Å². The van der Waals surface area contributed by atoms with Gasteiger partial charge in [-0.1, -0.05) is 75.9 Å². The summed E-state index contributed by atoms with van der Waals surface area (Å²) in [4.78, 5) is 0. The van der Waals surface area contributed by atoms with E-state index in [1.165, 1.54) is 38.5 Å².